The first-order chi connectivity index (χ1) is 5.46. The molecule has 0 spiro atoms. The first-order valence-electron chi connectivity index (χ1n) is 2.00. The predicted octanol–water partition coefficient (Wildman–Crippen LogP) is -10.7. The molecular formula is CH9Na3O10SSi. The van der Waals surface area contributed by atoms with Crippen LogP contribution in [0.4, 0.5) is 4.79 Å². The third-order valence-electron chi connectivity index (χ3n) is 0. The van der Waals surface area contributed by atoms with Crippen molar-refractivity contribution in [1.82, 2.24) is 0 Å². The molecule has 0 radical (unpaired) electrons. The van der Waals surface area contributed by atoms with Crippen molar-refractivity contribution in [1.29, 1.82) is 0 Å². The minimum atomic E-state index is -4.67. The van der Waals surface area contributed by atoms with E-state index in [0.717, 1.165) is 0 Å². The Balaban J connectivity index is -0.00000000980. The van der Waals surface area contributed by atoms with Crippen LogP contribution in [-0.4, -0.2) is 52.7 Å². The molecule has 0 aromatic carbocycles. The van der Waals surface area contributed by atoms with Crippen molar-refractivity contribution >= 4 is 25.7 Å². The molecule has 0 aliphatic heterocycles. The topological polar surface area (TPSA) is 190 Å². The van der Waals surface area contributed by atoms with Gasteiger partial charge in [-0.3, -0.25) is 13.6 Å². The molecule has 86 valence electrons. The van der Waals surface area contributed by atoms with Gasteiger partial charge in [-0.25, -0.2) is 4.79 Å². The fourth-order valence-electron chi connectivity index (χ4n) is 0. The molecule has 0 saturated heterocycles. The molecule has 0 bridgehead atoms. The molecule has 0 unspecified atom stereocenters. The van der Waals surface area contributed by atoms with Crippen LogP contribution in [0.3, 0.4) is 0 Å². The van der Waals surface area contributed by atoms with E-state index in [0.29, 0.717) is 0 Å². The Morgan fingerprint density at radius 3 is 1.00 bits per heavy atom. The monoisotopic (exact) mass is 310 g/mol. The van der Waals surface area contributed by atoms with E-state index >= 15 is 0 Å². The van der Waals surface area contributed by atoms with E-state index in [-0.39, 0.29) is 93.0 Å². The summed E-state index contributed by atoms with van der Waals surface area (Å²) in [5, 5.41) is 13.9. The van der Waals surface area contributed by atoms with Crippen LogP contribution in [0, 0.1) is 0 Å². The molecule has 0 aliphatic rings. The molecule has 0 atom stereocenters. The van der Waals surface area contributed by atoms with E-state index in [1.165, 1.54) is 0 Å². The van der Waals surface area contributed by atoms with Gasteiger partial charge < -0.3 is 24.1 Å². The summed E-state index contributed by atoms with van der Waals surface area (Å²) in [6.45, 7) is 0. The molecule has 0 aromatic heterocycles. The Bertz CT molecular complexity index is 233. The zero-order valence-electron chi connectivity index (χ0n) is 11.7. The van der Waals surface area contributed by atoms with Crippen molar-refractivity contribution < 1.29 is 140 Å². The number of hydrogen-bond acceptors (Lipinski definition) is 4. The van der Waals surface area contributed by atoms with E-state index in [4.69, 9.17) is 46.6 Å². The van der Waals surface area contributed by atoms with Crippen LogP contribution in [-0.2, 0) is 14.9 Å². The van der Waals surface area contributed by atoms with E-state index in [2.05, 4.69) is 0 Å². The standard InChI is InChI=1S/CH2O3.3Na.H2O4S.H2O3Si.3H/c2-1(3)4;;;;1-5(2,3)4;1-4(2)3;;;/h(H2,2,3,4);;;;(H2,1,2,3,4);1-2H;;;/q;3*+1;;;3*-1. The molecule has 6 N–H and O–H groups in total. The van der Waals surface area contributed by atoms with E-state index < -0.39 is 25.7 Å². The fraction of sp³-hybridized carbons (Fsp3) is 0. The molecule has 0 amide bonds. The van der Waals surface area contributed by atoms with Gasteiger partial charge in [0.25, 0.3) is 0 Å². The molecular weight excluding hydrogens is 301 g/mol. The van der Waals surface area contributed by atoms with Gasteiger partial charge in [0.1, 0.15) is 0 Å². The summed E-state index contributed by atoms with van der Waals surface area (Å²) >= 11 is 0. The van der Waals surface area contributed by atoms with Crippen LogP contribution in [0.5, 0.6) is 0 Å². The summed E-state index contributed by atoms with van der Waals surface area (Å²) in [5.74, 6) is 0. The Labute approximate surface area is 163 Å². The zero-order valence-corrected chi connectivity index (χ0v) is 16.5. The molecule has 0 fully saturated rings. The largest absolute Gasteiger partial charge is 1.00 e. The van der Waals surface area contributed by atoms with Crippen LogP contribution < -0.4 is 88.7 Å². The van der Waals surface area contributed by atoms with Crippen LogP contribution in [0.25, 0.3) is 0 Å². The summed E-state index contributed by atoms with van der Waals surface area (Å²) < 4.78 is 40.3. The van der Waals surface area contributed by atoms with Gasteiger partial charge >= 0.3 is 114 Å². The smallest absolute Gasteiger partial charge is 1.00 e. The third-order valence-corrected chi connectivity index (χ3v) is 0. The van der Waals surface area contributed by atoms with Gasteiger partial charge in [0.2, 0.25) is 0 Å². The second-order valence-corrected chi connectivity index (χ2v) is 2.47. The Morgan fingerprint density at radius 2 is 1.00 bits per heavy atom. The van der Waals surface area contributed by atoms with Gasteiger partial charge in [0, 0.05) is 0 Å². The summed E-state index contributed by atoms with van der Waals surface area (Å²) in [6, 6.07) is 0. The Kier molecular flexibility index (Phi) is 49.6. The van der Waals surface area contributed by atoms with Crippen molar-refractivity contribution in [3.05, 3.63) is 0 Å². The van der Waals surface area contributed by atoms with Gasteiger partial charge in [-0.15, -0.1) is 0 Å². The summed E-state index contributed by atoms with van der Waals surface area (Å²) in [7, 11) is -7.80. The summed E-state index contributed by atoms with van der Waals surface area (Å²) in [4.78, 5) is 22.9. The second kappa shape index (κ2) is 22.0. The van der Waals surface area contributed by atoms with Gasteiger partial charge in [-0.05, 0) is 0 Å². The Morgan fingerprint density at radius 1 is 1.00 bits per heavy atom. The van der Waals surface area contributed by atoms with Crippen LogP contribution >= 0.6 is 0 Å². The molecule has 16 heavy (non-hydrogen) atoms. The van der Waals surface area contributed by atoms with E-state index in [1.807, 2.05) is 0 Å². The third kappa shape index (κ3) is 1110. The molecule has 0 aliphatic carbocycles. The van der Waals surface area contributed by atoms with Crippen LogP contribution in [0.1, 0.15) is 4.28 Å². The molecule has 15 heteroatoms. The number of hydrogen-bond donors (Lipinski definition) is 6. The van der Waals surface area contributed by atoms with Gasteiger partial charge in [-0.1, -0.05) is 0 Å². The quantitative estimate of drug-likeness (QED) is 0.185. The van der Waals surface area contributed by atoms with Gasteiger partial charge in [0.05, 0.1) is 0 Å². The predicted molar refractivity (Wildman–Crippen MR) is 39.0 cm³/mol. The van der Waals surface area contributed by atoms with Crippen LogP contribution in [0.15, 0.2) is 0 Å². The molecule has 0 heterocycles. The SMILES string of the molecule is O=C(O)O.O=S(=O)(O)O.O=[Si](O)O.[H-].[H-].[H-].[Na+].[Na+].[Na+]. The average molecular weight is 310 g/mol. The van der Waals surface area contributed by atoms with Crippen molar-refractivity contribution in [2.75, 3.05) is 0 Å². The first kappa shape index (κ1) is 36.1. The molecule has 0 saturated carbocycles. The van der Waals surface area contributed by atoms with Crippen molar-refractivity contribution in [3.63, 3.8) is 0 Å². The van der Waals surface area contributed by atoms with Crippen molar-refractivity contribution in [2.45, 2.75) is 0 Å². The molecule has 0 rings (SSSR count). The van der Waals surface area contributed by atoms with Crippen molar-refractivity contribution in [3.8, 4) is 0 Å². The maximum absolute atomic E-state index is 8.74. The van der Waals surface area contributed by atoms with Crippen LogP contribution in [0.2, 0.25) is 0 Å². The van der Waals surface area contributed by atoms with Gasteiger partial charge in [0.15, 0.2) is 0 Å². The van der Waals surface area contributed by atoms with E-state index in [1.54, 1.807) is 0 Å². The normalized spacial score (nSPS) is 6.62. The maximum Gasteiger partial charge on any atom is 1.00 e. The van der Waals surface area contributed by atoms with Gasteiger partial charge in [-0.2, -0.15) is 8.42 Å². The maximum atomic E-state index is 8.74. The summed E-state index contributed by atoms with van der Waals surface area (Å²) in [5.41, 5.74) is 0. The van der Waals surface area contributed by atoms with E-state index in [9.17, 15) is 0 Å². The number of rotatable bonds is 0. The minimum Gasteiger partial charge on any atom is -1.00 e. The second-order valence-electron chi connectivity index (χ2n) is 1.01. The molecule has 0 aromatic rings. The fourth-order valence-corrected chi connectivity index (χ4v) is 0. The zero-order chi connectivity index (χ0) is 11.7. The first-order valence-corrected chi connectivity index (χ1v) is 4.70. The molecule has 10 nitrogen and oxygen atoms in total. The average Bonchev–Trinajstić information content (AvgIpc) is 1.50. The minimum absolute atomic E-state index is 0. The summed E-state index contributed by atoms with van der Waals surface area (Å²) in [6.07, 6.45) is -1.83. The Hall–Kier alpha value is 1.76. The number of carboxylic acid groups (broad SMARTS) is 2. The van der Waals surface area contributed by atoms with Crippen molar-refractivity contribution in [2.24, 2.45) is 0 Å². The number of carbonyl (C=O) groups is 1.